The molecule has 0 heterocycles. The molecule has 0 unspecified atom stereocenters. The number of carbonyl (C=O) groups excluding carboxylic acids is 9. The monoisotopic (exact) mass is 1120 g/mol. The molecule has 0 spiro atoms. The number of carboxylic acid groups (broad SMARTS) is 2. The molecule has 0 bridgehead atoms. The van der Waals surface area contributed by atoms with Gasteiger partial charge in [0.1, 0.15) is 48.0 Å². The predicted octanol–water partition coefficient (Wildman–Crippen LogP) is -5.67. The highest BCUT2D eigenvalue weighted by molar-refractivity contribution is 7.80. The van der Waals surface area contributed by atoms with Crippen molar-refractivity contribution in [1.29, 1.82) is 0 Å². The second-order valence-corrected chi connectivity index (χ2v) is 18.1. The highest BCUT2D eigenvalue weighted by Gasteiger charge is 2.34. The van der Waals surface area contributed by atoms with E-state index in [2.05, 4.69) is 60.2 Å². The summed E-state index contributed by atoms with van der Waals surface area (Å²) >= 11 is 4.16. The average Bonchev–Trinajstić information content (AvgIpc) is 3.39. The molecular formula is C48H72N14O15S. The molecule has 29 nitrogen and oxygen atoms in total. The van der Waals surface area contributed by atoms with Gasteiger partial charge < -0.3 is 91.6 Å². The van der Waals surface area contributed by atoms with Crippen LogP contribution in [0.4, 0.5) is 0 Å². The lowest BCUT2D eigenvalue weighted by Gasteiger charge is -2.26. The third-order valence-corrected chi connectivity index (χ3v) is 11.8. The first kappa shape index (κ1) is 66.0. The minimum Gasteiger partial charge on any atom is -0.508 e. The number of aliphatic carboxylic acids is 2. The van der Waals surface area contributed by atoms with Gasteiger partial charge in [-0.25, -0.2) is 4.79 Å². The molecule has 2 aromatic rings. The van der Waals surface area contributed by atoms with Crippen LogP contribution in [0.3, 0.4) is 0 Å². The average molecular weight is 1120 g/mol. The Morgan fingerprint density at radius 1 is 0.551 bits per heavy atom. The van der Waals surface area contributed by atoms with E-state index in [1.54, 1.807) is 30.3 Å². The third kappa shape index (κ3) is 25.6. The molecule has 78 heavy (non-hydrogen) atoms. The van der Waals surface area contributed by atoms with Crippen LogP contribution in [-0.4, -0.2) is 172 Å². The van der Waals surface area contributed by atoms with Gasteiger partial charge in [0.15, 0.2) is 5.96 Å². The summed E-state index contributed by atoms with van der Waals surface area (Å²) in [7, 11) is 0. The molecule has 30 heteroatoms. The third-order valence-electron chi connectivity index (χ3n) is 11.5. The first-order chi connectivity index (χ1) is 37.0. The Labute approximate surface area is 454 Å². The maximum atomic E-state index is 13.8. The van der Waals surface area contributed by atoms with Gasteiger partial charge in [0.2, 0.25) is 53.2 Å². The van der Waals surface area contributed by atoms with E-state index in [9.17, 15) is 73.2 Å². The largest absolute Gasteiger partial charge is 0.508 e. The number of aliphatic hydroxyl groups is 1. The molecule has 22 N–H and O–H groups in total. The lowest BCUT2D eigenvalue weighted by molar-refractivity contribution is -0.142. The minimum absolute atomic E-state index is 0.0108. The van der Waals surface area contributed by atoms with E-state index in [1.165, 1.54) is 24.3 Å². The molecular weight excluding hydrogens is 1040 g/mol. The summed E-state index contributed by atoms with van der Waals surface area (Å²) in [5, 5.41) is 58.1. The summed E-state index contributed by atoms with van der Waals surface area (Å²) in [4.78, 5) is 147. The van der Waals surface area contributed by atoms with Crippen LogP contribution in [0.15, 0.2) is 59.6 Å². The van der Waals surface area contributed by atoms with Gasteiger partial charge in [-0.05, 0) is 68.3 Å². The van der Waals surface area contributed by atoms with Crippen molar-refractivity contribution in [3.63, 3.8) is 0 Å². The fraction of sp³-hybridized carbons (Fsp3) is 0.500. The Bertz CT molecular complexity index is 2380. The SMILES string of the molecule is NCCCC[C@H](N)C(=O)N[C@@H](Cc1ccc(O)cc1)C(=O)N[C@@H](CS)C(=O)NCC(=O)N[C@@H](CCC(=O)O)C(=O)N[C@@H](CCCN=C(N)N)C(=O)N[C@@H](CO)C(=O)N[C@@H](CCC(N)=O)C(=O)N[C@@H](Cc1ccccc1)C(=O)O. The predicted molar refractivity (Wildman–Crippen MR) is 283 cm³/mol. The fourth-order valence-corrected chi connectivity index (χ4v) is 7.45. The second kappa shape index (κ2) is 35.3. The number of aromatic hydroxyl groups is 1. The summed E-state index contributed by atoms with van der Waals surface area (Å²) in [6, 6.07) is 2.05. The van der Waals surface area contributed by atoms with Crippen LogP contribution in [0, 0.1) is 0 Å². The normalized spacial score (nSPS) is 13.9. The summed E-state index contributed by atoms with van der Waals surface area (Å²) in [6.07, 6.45) is -1.28. The number of amides is 9. The molecule has 0 radical (unpaired) electrons. The number of nitrogens with one attached hydrogen (secondary N) is 8. The number of aliphatic hydroxyl groups excluding tert-OH is 1. The molecule has 9 amide bonds. The van der Waals surface area contributed by atoms with Gasteiger partial charge in [0, 0.05) is 38.0 Å². The number of primary amides is 1. The number of phenols is 1. The number of unbranched alkanes of at least 4 members (excludes halogenated alkanes) is 1. The number of hydrogen-bond donors (Lipinski definition) is 18. The van der Waals surface area contributed by atoms with E-state index in [-0.39, 0.29) is 56.1 Å². The number of aliphatic imine (C=N–C) groups is 1. The van der Waals surface area contributed by atoms with E-state index in [1.807, 2.05) is 0 Å². The van der Waals surface area contributed by atoms with E-state index in [0.717, 1.165) is 0 Å². The van der Waals surface area contributed by atoms with Crippen LogP contribution < -0.4 is 71.2 Å². The van der Waals surface area contributed by atoms with Crippen molar-refractivity contribution >= 4 is 83.7 Å². The van der Waals surface area contributed by atoms with Crippen LogP contribution in [0.2, 0.25) is 0 Å². The molecule has 2 aromatic carbocycles. The zero-order valence-corrected chi connectivity index (χ0v) is 43.6. The Balaban J connectivity index is 2.26. The van der Waals surface area contributed by atoms with Crippen LogP contribution in [0.25, 0.3) is 0 Å². The number of phenolic OH excluding ortho intramolecular Hbond substituents is 1. The van der Waals surface area contributed by atoms with Crippen molar-refractivity contribution in [2.24, 2.45) is 33.7 Å². The number of nitrogens with two attached hydrogens (primary N) is 5. The Kier molecular flexibility index (Phi) is 29.9. The Morgan fingerprint density at radius 3 is 1.60 bits per heavy atom. The lowest BCUT2D eigenvalue weighted by Crippen LogP contribution is -2.60. The summed E-state index contributed by atoms with van der Waals surface area (Å²) in [5.74, 6) is -12.4. The van der Waals surface area contributed by atoms with Crippen molar-refractivity contribution in [2.75, 3.05) is 32.0 Å². The summed E-state index contributed by atoms with van der Waals surface area (Å²) < 4.78 is 0. The van der Waals surface area contributed by atoms with Crippen molar-refractivity contribution in [3.8, 4) is 5.75 Å². The van der Waals surface area contributed by atoms with Crippen LogP contribution in [0.1, 0.15) is 68.9 Å². The van der Waals surface area contributed by atoms with Crippen LogP contribution in [-0.2, 0) is 65.6 Å². The summed E-state index contributed by atoms with van der Waals surface area (Å²) in [5.41, 5.74) is 28.8. The van der Waals surface area contributed by atoms with E-state index >= 15 is 0 Å². The standard InChI is InChI=1S/C48H72N14O15S/c49-19-5-4-9-29(50)40(69)59-33(21-27-11-13-28(64)14-12-27)45(74)62-36(25-78)41(70)55-23-38(66)56-31(16-18-39(67)68)43(72)57-30(10-6-20-54-48(52)53)42(71)61-35(24-63)46(75)58-32(15-17-37(51)65)44(73)60-34(47(76)77)22-26-7-2-1-3-8-26/h1-3,7-8,11-14,29-36,63-64,78H,4-6,9-10,15-25,49-50H2,(H2,51,65)(H,55,70)(H,56,66)(H,57,72)(H,58,75)(H,59,69)(H,60,73)(H,61,71)(H,62,74)(H,67,68)(H,76,77)(H4,52,53,54)/t29-,30-,31-,32-,33-,34-,35-,36-/m0/s1. The van der Waals surface area contributed by atoms with E-state index in [0.29, 0.717) is 30.5 Å². The molecule has 0 aliphatic heterocycles. The molecule has 0 aromatic heterocycles. The minimum atomic E-state index is -1.85. The van der Waals surface area contributed by atoms with Gasteiger partial charge in [-0.15, -0.1) is 0 Å². The molecule has 0 fully saturated rings. The van der Waals surface area contributed by atoms with Crippen molar-refractivity contribution < 1.29 is 73.2 Å². The lowest BCUT2D eigenvalue weighted by atomic mass is 10.0. The maximum Gasteiger partial charge on any atom is 0.326 e. The van der Waals surface area contributed by atoms with Gasteiger partial charge in [0.25, 0.3) is 0 Å². The number of hydrogen-bond acceptors (Lipinski definition) is 17. The first-order valence-corrected chi connectivity index (χ1v) is 25.3. The topological polar surface area (TPSA) is 507 Å². The molecule has 0 aliphatic rings. The molecule has 0 saturated carbocycles. The molecule has 430 valence electrons. The highest BCUT2D eigenvalue weighted by atomic mass is 32.1. The van der Waals surface area contributed by atoms with Crippen molar-refractivity contribution in [1.82, 2.24) is 42.5 Å². The van der Waals surface area contributed by atoms with E-state index < -0.39 is 152 Å². The van der Waals surface area contributed by atoms with Gasteiger partial charge >= 0.3 is 11.9 Å². The van der Waals surface area contributed by atoms with Crippen molar-refractivity contribution in [2.45, 2.75) is 119 Å². The van der Waals surface area contributed by atoms with E-state index in [4.69, 9.17) is 28.7 Å². The number of thiol groups is 1. The number of rotatable bonds is 37. The number of guanidine groups is 1. The maximum absolute atomic E-state index is 13.8. The number of nitrogens with zero attached hydrogens (tertiary/aromatic N) is 1. The Morgan fingerprint density at radius 2 is 1.05 bits per heavy atom. The first-order valence-electron chi connectivity index (χ1n) is 24.6. The Hall–Kier alpha value is -8.09. The van der Waals surface area contributed by atoms with Gasteiger partial charge in [0.05, 0.1) is 19.2 Å². The van der Waals surface area contributed by atoms with Crippen molar-refractivity contribution in [3.05, 3.63) is 65.7 Å². The second-order valence-electron chi connectivity index (χ2n) is 17.7. The zero-order chi connectivity index (χ0) is 58.3. The van der Waals surface area contributed by atoms with Gasteiger partial charge in [-0.2, -0.15) is 12.6 Å². The number of benzene rings is 2. The highest BCUT2D eigenvalue weighted by Crippen LogP contribution is 2.13. The number of carbonyl (C=O) groups is 11. The quantitative estimate of drug-likeness (QED) is 0.0130. The number of carboxylic acids is 2. The van der Waals surface area contributed by atoms with Gasteiger partial charge in [-0.1, -0.05) is 48.9 Å². The molecule has 0 saturated heterocycles. The molecule has 0 aliphatic carbocycles. The molecule has 2 rings (SSSR count). The smallest absolute Gasteiger partial charge is 0.326 e. The zero-order valence-electron chi connectivity index (χ0n) is 42.7. The van der Waals surface area contributed by atoms with Crippen LogP contribution >= 0.6 is 12.6 Å². The van der Waals surface area contributed by atoms with Crippen LogP contribution in [0.5, 0.6) is 5.75 Å². The summed E-state index contributed by atoms with van der Waals surface area (Å²) in [6.45, 7) is -1.66. The fourth-order valence-electron chi connectivity index (χ4n) is 7.20. The molecule has 8 atom stereocenters. The van der Waals surface area contributed by atoms with Gasteiger partial charge in [-0.3, -0.25) is 52.9 Å².